The molecule has 7 heteroatoms. The summed E-state index contributed by atoms with van der Waals surface area (Å²) in [6, 6.07) is 5.96. The summed E-state index contributed by atoms with van der Waals surface area (Å²) in [6.45, 7) is 2.65. The van der Waals surface area contributed by atoms with E-state index in [1.165, 1.54) is 0 Å². The van der Waals surface area contributed by atoms with E-state index in [1.54, 1.807) is 13.2 Å². The van der Waals surface area contributed by atoms with Crippen molar-refractivity contribution in [3.63, 3.8) is 0 Å². The first-order chi connectivity index (χ1) is 10.4. The van der Waals surface area contributed by atoms with Crippen molar-refractivity contribution in [3.05, 3.63) is 48.8 Å². The van der Waals surface area contributed by atoms with Gasteiger partial charge in [0.15, 0.2) is 5.96 Å². The Morgan fingerprint density at radius 2 is 2.09 bits per heavy atom. The number of aliphatic imine (C=N–C) groups is 1. The molecule has 0 saturated heterocycles. The summed E-state index contributed by atoms with van der Waals surface area (Å²) in [5.74, 6) is 0.830. The third-order valence-electron chi connectivity index (χ3n) is 3.07. The Morgan fingerprint density at radius 3 is 2.77 bits per heavy atom. The van der Waals surface area contributed by atoms with Crippen molar-refractivity contribution >= 4 is 29.9 Å². The van der Waals surface area contributed by atoms with Gasteiger partial charge in [0.1, 0.15) is 0 Å². The molecule has 0 aliphatic carbocycles. The van der Waals surface area contributed by atoms with Gasteiger partial charge in [-0.1, -0.05) is 6.07 Å². The third kappa shape index (κ3) is 6.88. The van der Waals surface area contributed by atoms with Crippen molar-refractivity contribution in [3.8, 4) is 0 Å². The monoisotopic (exact) mass is 414 g/mol. The zero-order chi connectivity index (χ0) is 14.8. The molecule has 2 aromatic heterocycles. The van der Waals surface area contributed by atoms with Crippen LogP contribution in [0.4, 0.5) is 0 Å². The van der Waals surface area contributed by atoms with Gasteiger partial charge in [0.2, 0.25) is 0 Å². The van der Waals surface area contributed by atoms with Gasteiger partial charge in [-0.15, -0.1) is 24.0 Å². The predicted octanol–water partition coefficient (Wildman–Crippen LogP) is 1.69. The maximum absolute atomic E-state index is 4.30. The van der Waals surface area contributed by atoms with Gasteiger partial charge in [0.25, 0.3) is 0 Å². The lowest BCUT2D eigenvalue weighted by atomic mass is 10.3. The van der Waals surface area contributed by atoms with E-state index in [-0.39, 0.29) is 24.0 Å². The van der Waals surface area contributed by atoms with Crippen LogP contribution in [-0.4, -0.2) is 40.6 Å². The predicted molar refractivity (Wildman–Crippen MR) is 99.6 cm³/mol. The highest BCUT2D eigenvalue weighted by Gasteiger charge is 1.98. The number of guanidine groups is 1. The smallest absolute Gasteiger partial charge is 0.190 e. The molecule has 0 atom stereocenters. The van der Waals surface area contributed by atoms with Crippen molar-refractivity contribution in [2.45, 2.75) is 19.4 Å². The molecule has 0 aliphatic rings. The fraction of sp³-hybridized carbons (Fsp3) is 0.400. The van der Waals surface area contributed by atoms with Crippen LogP contribution in [0.5, 0.6) is 0 Å². The first kappa shape index (κ1) is 18.4. The van der Waals surface area contributed by atoms with E-state index >= 15 is 0 Å². The normalized spacial score (nSPS) is 10.9. The van der Waals surface area contributed by atoms with Gasteiger partial charge in [-0.25, -0.2) is 4.98 Å². The first-order valence-corrected chi connectivity index (χ1v) is 7.18. The van der Waals surface area contributed by atoms with Crippen molar-refractivity contribution in [1.82, 2.24) is 25.2 Å². The Kier molecular flexibility index (Phi) is 9.20. The minimum Gasteiger partial charge on any atom is -0.356 e. The molecule has 0 amide bonds. The number of nitrogens with one attached hydrogen (secondary N) is 2. The molecule has 0 aromatic carbocycles. The largest absolute Gasteiger partial charge is 0.356 e. The Balaban J connectivity index is 0.00000242. The van der Waals surface area contributed by atoms with Crippen LogP contribution in [-0.2, 0) is 13.0 Å². The number of nitrogens with zero attached hydrogens (tertiary/aromatic N) is 4. The average Bonchev–Trinajstić information content (AvgIpc) is 3.04. The lowest BCUT2D eigenvalue weighted by Crippen LogP contribution is -2.39. The fourth-order valence-corrected chi connectivity index (χ4v) is 1.96. The summed E-state index contributed by atoms with van der Waals surface area (Å²) < 4.78 is 2.07. The number of aromatic nitrogens is 3. The van der Waals surface area contributed by atoms with Crippen LogP contribution < -0.4 is 10.6 Å². The molecule has 2 rings (SSSR count). The highest BCUT2D eigenvalue weighted by atomic mass is 127. The van der Waals surface area contributed by atoms with Gasteiger partial charge in [0.05, 0.1) is 6.33 Å². The quantitative estimate of drug-likeness (QED) is 0.313. The molecule has 0 radical (unpaired) electrons. The number of imidazole rings is 1. The van der Waals surface area contributed by atoms with E-state index in [0.29, 0.717) is 0 Å². The maximum atomic E-state index is 4.30. The summed E-state index contributed by atoms with van der Waals surface area (Å²) in [4.78, 5) is 12.5. The fourth-order valence-electron chi connectivity index (χ4n) is 1.96. The molecule has 0 aliphatic heterocycles. The van der Waals surface area contributed by atoms with Crippen molar-refractivity contribution in [2.24, 2.45) is 4.99 Å². The summed E-state index contributed by atoms with van der Waals surface area (Å²) in [5, 5.41) is 6.59. The standard InChI is InChI=1S/C15H22N6.HI/c1-16-15(19-8-4-11-21-12-10-17-13-21)20-9-6-14-5-2-3-7-18-14;/h2-3,5,7,10,12-13H,4,6,8-9,11H2,1H3,(H2,16,19,20);1H. The summed E-state index contributed by atoms with van der Waals surface area (Å²) in [5.41, 5.74) is 1.08. The molecule has 0 saturated carbocycles. The molecule has 6 nitrogen and oxygen atoms in total. The molecule has 0 spiro atoms. The number of halogens is 1. The second-order valence-corrected chi connectivity index (χ2v) is 4.65. The molecule has 0 bridgehead atoms. The van der Waals surface area contributed by atoms with E-state index in [1.807, 2.05) is 36.9 Å². The van der Waals surface area contributed by atoms with Crippen LogP contribution in [0.1, 0.15) is 12.1 Å². The third-order valence-corrected chi connectivity index (χ3v) is 3.07. The van der Waals surface area contributed by atoms with E-state index < -0.39 is 0 Å². The number of pyridine rings is 1. The zero-order valence-electron chi connectivity index (χ0n) is 12.8. The van der Waals surface area contributed by atoms with Crippen LogP contribution in [0.15, 0.2) is 48.1 Å². The van der Waals surface area contributed by atoms with E-state index in [2.05, 4.69) is 30.2 Å². The Labute approximate surface area is 148 Å². The molecule has 2 N–H and O–H groups in total. The van der Waals surface area contributed by atoms with Crippen molar-refractivity contribution < 1.29 is 0 Å². The van der Waals surface area contributed by atoms with Crippen LogP contribution in [0.2, 0.25) is 0 Å². The molecular formula is C15H23IN6. The highest BCUT2D eigenvalue weighted by Crippen LogP contribution is 1.93. The Morgan fingerprint density at radius 1 is 1.23 bits per heavy atom. The second kappa shape index (κ2) is 11.0. The molecule has 2 aromatic rings. The zero-order valence-corrected chi connectivity index (χ0v) is 15.1. The average molecular weight is 414 g/mol. The Hall–Kier alpha value is -1.64. The van der Waals surface area contributed by atoms with Gasteiger partial charge < -0.3 is 15.2 Å². The molecule has 0 fully saturated rings. The number of rotatable bonds is 7. The van der Waals surface area contributed by atoms with E-state index in [0.717, 1.165) is 44.1 Å². The number of hydrogen-bond acceptors (Lipinski definition) is 3. The molecule has 120 valence electrons. The molecule has 22 heavy (non-hydrogen) atoms. The highest BCUT2D eigenvalue weighted by molar-refractivity contribution is 14.0. The van der Waals surface area contributed by atoms with E-state index in [9.17, 15) is 0 Å². The lowest BCUT2D eigenvalue weighted by molar-refractivity contribution is 0.624. The van der Waals surface area contributed by atoms with Gasteiger partial charge in [-0.3, -0.25) is 9.98 Å². The second-order valence-electron chi connectivity index (χ2n) is 4.65. The number of aryl methyl sites for hydroxylation is 1. The van der Waals surface area contributed by atoms with Gasteiger partial charge in [-0.2, -0.15) is 0 Å². The number of hydrogen-bond donors (Lipinski definition) is 2. The first-order valence-electron chi connectivity index (χ1n) is 7.18. The molecule has 0 unspecified atom stereocenters. The van der Waals surface area contributed by atoms with Crippen LogP contribution in [0.25, 0.3) is 0 Å². The van der Waals surface area contributed by atoms with Crippen molar-refractivity contribution in [1.29, 1.82) is 0 Å². The van der Waals surface area contributed by atoms with Crippen molar-refractivity contribution in [2.75, 3.05) is 20.1 Å². The minimum absolute atomic E-state index is 0. The SMILES string of the molecule is CN=C(NCCCn1ccnc1)NCCc1ccccn1.I. The van der Waals surface area contributed by atoms with Gasteiger partial charge >= 0.3 is 0 Å². The molecular weight excluding hydrogens is 391 g/mol. The topological polar surface area (TPSA) is 67.1 Å². The molecule has 2 heterocycles. The maximum Gasteiger partial charge on any atom is 0.190 e. The summed E-state index contributed by atoms with van der Waals surface area (Å²) in [7, 11) is 1.78. The minimum atomic E-state index is 0. The lowest BCUT2D eigenvalue weighted by Gasteiger charge is -2.11. The van der Waals surface area contributed by atoms with Crippen LogP contribution in [0.3, 0.4) is 0 Å². The van der Waals surface area contributed by atoms with Crippen LogP contribution >= 0.6 is 24.0 Å². The Bertz CT molecular complexity index is 526. The van der Waals surface area contributed by atoms with Gasteiger partial charge in [-0.05, 0) is 18.6 Å². The van der Waals surface area contributed by atoms with Crippen LogP contribution in [0, 0.1) is 0 Å². The summed E-state index contributed by atoms with van der Waals surface area (Å²) >= 11 is 0. The van der Waals surface area contributed by atoms with E-state index in [4.69, 9.17) is 0 Å². The summed E-state index contributed by atoms with van der Waals surface area (Å²) in [6.07, 6.45) is 9.33. The van der Waals surface area contributed by atoms with Gasteiger partial charge in [0, 0.05) is 57.4 Å².